The Morgan fingerprint density at radius 2 is 1.81 bits per heavy atom. The lowest BCUT2D eigenvalue weighted by atomic mass is 10.1. The van der Waals surface area contributed by atoms with E-state index in [2.05, 4.69) is 4.74 Å². The first-order valence-electron chi connectivity index (χ1n) is 9.50. The summed E-state index contributed by atoms with van der Waals surface area (Å²) in [5, 5.41) is 11.2. The van der Waals surface area contributed by atoms with Gasteiger partial charge in [-0.25, -0.2) is 9.18 Å². The molecule has 7 nitrogen and oxygen atoms in total. The van der Waals surface area contributed by atoms with Gasteiger partial charge in [0.1, 0.15) is 11.6 Å². The van der Waals surface area contributed by atoms with Gasteiger partial charge in [0.15, 0.2) is 11.5 Å². The predicted octanol–water partition coefficient (Wildman–Crippen LogP) is 3.88. The summed E-state index contributed by atoms with van der Waals surface area (Å²) in [6.45, 7) is 1.99. The number of ether oxygens (including phenoxy) is 3. The predicted molar refractivity (Wildman–Crippen MR) is 113 cm³/mol. The third kappa shape index (κ3) is 4.53. The molecular weight excluding hydrogens is 405 g/mol. The average molecular weight is 427 g/mol. The highest BCUT2D eigenvalue weighted by Crippen LogP contribution is 2.40. The Labute approximate surface area is 178 Å². The number of nitrogens with zero attached hydrogens (tertiary/aromatic N) is 1. The highest BCUT2D eigenvalue weighted by atomic mass is 19.1. The van der Waals surface area contributed by atoms with Crippen molar-refractivity contribution in [2.24, 2.45) is 0 Å². The van der Waals surface area contributed by atoms with Crippen molar-refractivity contribution in [1.29, 1.82) is 0 Å². The number of carbonyl (C=O) groups excluding carboxylic acids is 2. The topological polar surface area (TPSA) is 87.0 Å². The van der Waals surface area contributed by atoms with Crippen LogP contribution in [0.4, 0.5) is 4.39 Å². The highest BCUT2D eigenvalue weighted by Gasteiger charge is 2.21. The molecule has 0 saturated heterocycles. The molecule has 1 aromatic heterocycles. The number of ketones is 1. The zero-order valence-electron chi connectivity index (χ0n) is 17.3. The van der Waals surface area contributed by atoms with Crippen LogP contribution in [0.25, 0.3) is 16.7 Å². The van der Waals surface area contributed by atoms with Crippen LogP contribution in [-0.4, -0.2) is 42.3 Å². The first kappa shape index (κ1) is 21.9. The smallest absolute Gasteiger partial charge is 0.379 e. The zero-order valence-corrected chi connectivity index (χ0v) is 17.3. The minimum Gasteiger partial charge on any atom is -0.507 e. The van der Waals surface area contributed by atoms with Crippen molar-refractivity contribution in [2.75, 3.05) is 20.8 Å². The molecule has 0 spiro atoms. The molecule has 0 aliphatic heterocycles. The molecule has 0 saturated carbocycles. The van der Waals surface area contributed by atoms with E-state index in [1.54, 1.807) is 37.4 Å². The number of halogens is 1. The fourth-order valence-electron chi connectivity index (χ4n) is 3.28. The normalized spacial score (nSPS) is 11.4. The van der Waals surface area contributed by atoms with Crippen LogP contribution in [0.3, 0.4) is 0 Å². The van der Waals surface area contributed by atoms with Crippen LogP contribution in [0.2, 0.25) is 0 Å². The summed E-state index contributed by atoms with van der Waals surface area (Å²) in [6, 6.07) is 9.53. The first-order chi connectivity index (χ1) is 14.9. The van der Waals surface area contributed by atoms with Gasteiger partial charge < -0.3 is 23.9 Å². The Morgan fingerprint density at radius 1 is 1.10 bits per heavy atom. The minimum atomic E-state index is -1.06. The Hall–Kier alpha value is -3.81. The summed E-state index contributed by atoms with van der Waals surface area (Å²) in [4.78, 5) is 23.7. The number of aromatic nitrogens is 1. The van der Waals surface area contributed by atoms with Gasteiger partial charge in [-0.3, -0.25) is 4.79 Å². The summed E-state index contributed by atoms with van der Waals surface area (Å²) in [7, 11) is 2.95. The van der Waals surface area contributed by atoms with Crippen molar-refractivity contribution in [3.05, 3.63) is 65.6 Å². The number of hydrogen-bond donors (Lipinski definition) is 1. The molecule has 0 radical (unpaired) electrons. The third-order valence-corrected chi connectivity index (χ3v) is 4.67. The lowest BCUT2D eigenvalue weighted by molar-refractivity contribution is -0.151. The average Bonchev–Trinajstić information content (AvgIpc) is 3.13. The van der Waals surface area contributed by atoms with Gasteiger partial charge in [-0.15, -0.1) is 0 Å². The van der Waals surface area contributed by atoms with Gasteiger partial charge in [0.2, 0.25) is 0 Å². The molecule has 1 N–H and O–H groups in total. The van der Waals surface area contributed by atoms with Crippen LogP contribution >= 0.6 is 0 Å². The summed E-state index contributed by atoms with van der Waals surface area (Å²) >= 11 is 0. The molecule has 8 heteroatoms. The Bertz CT molecular complexity index is 1150. The summed E-state index contributed by atoms with van der Waals surface area (Å²) < 4.78 is 30.6. The van der Waals surface area contributed by atoms with E-state index in [4.69, 9.17) is 9.47 Å². The summed E-state index contributed by atoms with van der Waals surface area (Å²) in [5.74, 6) is -2.02. The van der Waals surface area contributed by atoms with Gasteiger partial charge in [0, 0.05) is 24.4 Å². The number of aliphatic hydroxyl groups is 1. The molecule has 3 rings (SSSR count). The van der Waals surface area contributed by atoms with E-state index in [0.717, 1.165) is 11.6 Å². The molecule has 0 unspecified atom stereocenters. The molecule has 1 heterocycles. The Morgan fingerprint density at radius 3 is 2.42 bits per heavy atom. The van der Waals surface area contributed by atoms with Crippen LogP contribution in [-0.2, 0) is 20.9 Å². The molecule has 0 aliphatic carbocycles. The minimum absolute atomic E-state index is 0.0428. The van der Waals surface area contributed by atoms with E-state index in [-0.39, 0.29) is 18.0 Å². The monoisotopic (exact) mass is 427 g/mol. The van der Waals surface area contributed by atoms with Gasteiger partial charge in [0.25, 0.3) is 5.78 Å². The number of carbonyl (C=O) groups is 2. The molecule has 0 fully saturated rings. The van der Waals surface area contributed by atoms with Crippen molar-refractivity contribution in [2.45, 2.75) is 13.5 Å². The van der Waals surface area contributed by atoms with Crippen LogP contribution in [0.1, 0.15) is 18.1 Å². The van der Waals surface area contributed by atoms with Gasteiger partial charge in [-0.2, -0.15) is 0 Å². The highest BCUT2D eigenvalue weighted by molar-refractivity contribution is 6.39. The van der Waals surface area contributed by atoms with E-state index >= 15 is 0 Å². The molecule has 31 heavy (non-hydrogen) atoms. The first-order valence-corrected chi connectivity index (χ1v) is 9.50. The lowest BCUT2D eigenvalue weighted by Gasteiger charge is -2.11. The van der Waals surface area contributed by atoms with Gasteiger partial charge >= 0.3 is 5.97 Å². The Kier molecular flexibility index (Phi) is 6.59. The number of esters is 1. The number of rotatable bonds is 8. The van der Waals surface area contributed by atoms with Crippen LogP contribution < -0.4 is 9.47 Å². The number of fused-ring (bicyclic) bond motifs is 1. The van der Waals surface area contributed by atoms with Crippen molar-refractivity contribution in [3.8, 4) is 11.5 Å². The summed E-state index contributed by atoms with van der Waals surface area (Å²) in [6.07, 6.45) is 2.44. The molecule has 0 bridgehead atoms. The zero-order chi connectivity index (χ0) is 22.5. The summed E-state index contributed by atoms with van der Waals surface area (Å²) in [5.41, 5.74) is 1.77. The lowest BCUT2D eigenvalue weighted by Crippen LogP contribution is -2.15. The third-order valence-electron chi connectivity index (χ3n) is 4.67. The largest absolute Gasteiger partial charge is 0.507 e. The maximum Gasteiger partial charge on any atom is 0.379 e. The molecule has 162 valence electrons. The van der Waals surface area contributed by atoms with E-state index in [0.29, 0.717) is 28.9 Å². The van der Waals surface area contributed by atoms with Crippen molar-refractivity contribution in [1.82, 2.24) is 4.57 Å². The molecule has 3 aromatic rings. The number of hydrogen-bond acceptors (Lipinski definition) is 6. The SMILES string of the molecule is CCOC(=O)C(=O)/C=C(/O)c1cn(Cc2ccc(F)cc2)c2ccc(OC)c(OC)c12. The standard InChI is InChI=1S/C23H22FNO6/c1-4-31-23(28)19(27)11-18(26)16-13-25(12-14-5-7-15(24)8-6-14)17-9-10-20(29-2)22(30-3)21(16)17/h5-11,13,26H,4,12H2,1-3H3/b18-11+. The fourth-order valence-corrected chi connectivity index (χ4v) is 3.28. The molecule has 0 atom stereocenters. The van der Waals surface area contributed by atoms with E-state index < -0.39 is 17.5 Å². The number of methoxy groups -OCH3 is 2. The molecular formula is C23H22FNO6. The van der Waals surface area contributed by atoms with Crippen LogP contribution in [0.15, 0.2) is 48.7 Å². The van der Waals surface area contributed by atoms with Crippen LogP contribution in [0.5, 0.6) is 11.5 Å². The van der Waals surface area contributed by atoms with Crippen LogP contribution in [0, 0.1) is 5.82 Å². The van der Waals surface area contributed by atoms with Crippen molar-refractivity contribution >= 4 is 28.4 Å². The van der Waals surface area contributed by atoms with Crippen molar-refractivity contribution < 1.29 is 33.3 Å². The second-order valence-electron chi connectivity index (χ2n) is 6.61. The molecule has 0 amide bonds. The number of aliphatic hydroxyl groups excluding tert-OH is 1. The van der Waals surface area contributed by atoms with Gasteiger partial charge in [-0.05, 0) is 36.8 Å². The Balaban J connectivity index is 2.15. The molecule has 0 aliphatic rings. The van der Waals surface area contributed by atoms with E-state index in [1.807, 2.05) is 4.57 Å². The van der Waals surface area contributed by atoms with E-state index in [9.17, 15) is 19.1 Å². The number of benzene rings is 2. The second kappa shape index (κ2) is 9.34. The second-order valence-corrected chi connectivity index (χ2v) is 6.61. The van der Waals surface area contributed by atoms with Gasteiger partial charge in [0.05, 0.1) is 31.7 Å². The van der Waals surface area contributed by atoms with Gasteiger partial charge in [-0.1, -0.05) is 12.1 Å². The molecule has 2 aromatic carbocycles. The maximum absolute atomic E-state index is 13.3. The van der Waals surface area contributed by atoms with Crippen molar-refractivity contribution in [3.63, 3.8) is 0 Å². The maximum atomic E-state index is 13.3. The van der Waals surface area contributed by atoms with E-state index in [1.165, 1.54) is 26.4 Å². The fraction of sp³-hybridized carbons (Fsp3) is 0.217. The quantitative estimate of drug-likeness (QED) is 0.254.